The predicted octanol–water partition coefficient (Wildman–Crippen LogP) is 7.15. The van der Waals surface area contributed by atoms with Gasteiger partial charge in [-0.15, -0.1) is 0 Å². The number of hydrogen-bond donors (Lipinski definition) is 0. The molecule has 176 valence electrons. The molecule has 3 heteroatoms. The van der Waals surface area contributed by atoms with Crippen molar-refractivity contribution >= 4 is 0 Å². The minimum atomic E-state index is -0.638. The highest BCUT2D eigenvalue weighted by molar-refractivity contribution is 5.73. The van der Waals surface area contributed by atoms with E-state index in [4.69, 9.17) is 9.47 Å². The second-order valence-electron chi connectivity index (χ2n) is 9.96. The van der Waals surface area contributed by atoms with Gasteiger partial charge in [-0.05, 0) is 47.2 Å². The van der Waals surface area contributed by atoms with Crippen LogP contribution >= 0.6 is 0 Å². The Labute approximate surface area is 207 Å². The van der Waals surface area contributed by atoms with Crippen molar-refractivity contribution < 1.29 is 9.47 Å². The van der Waals surface area contributed by atoms with E-state index in [9.17, 15) is 0 Å². The fraction of sp³-hybridized carbons (Fsp3) is 0.250. The highest BCUT2D eigenvalue weighted by Crippen LogP contribution is 2.46. The van der Waals surface area contributed by atoms with Gasteiger partial charge in [0.25, 0.3) is 0 Å². The number of rotatable bonds is 3. The Morgan fingerprint density at radius 1 is 0.686 bits per heavy atom. The second kappa shape index (κ2) is 9.09. The Bertz CT molecular complexity index is 1300. The Kier molecular flexibility index (Phi) is 5.77. The van der Waals surface area contributed by atoms with E-state index < -0.39 is 5.79 Å². The van der Waals surface area contributed by atoms with E-state index in [0.29, 0.717) is 6.61 Å². The zero-order valence-corrected chi connectivity index (χ0v) is 20.3. The minimum absolute atomic E-state index is 0.0369. The van der Waals surface area contributed by atoms with E-state index in [1.807, 2.05) is 13.8 Å². The second-order valence-corrected chi connectivity index (χ2v) is 9.96. The van der Waals surface area contributed by atoms with Crippen molar-refractivity contribution in [3.63, 3.8) is 0 Å². The molecule has 1 fully saturated rings. The maximum atomic E-state index is 6.66. The Morgan fingerprint density at radius 2 is 1.29 bits per heavy atom. The Balaban J connectivity index is 1.55. The molecule has 0 N–H and O–H groups in total. The monoisotopic (exact) mass is 461 g/mol. The molecule has 6 rings (SSSR count). The molecule has 3 nitrogen and oxygen atoms in total. The van der Waals surface area contributed by atoms with Crippen LogP contribution in [0.2, 0.25) is 0 Å². The van der Waals surface area contributed by atoms with Crippen LogP contribution in [0.25, 0.3) is 11.1 Å². The molecule has 0 radical (unpaired) electrons. The lowest BCUT2D eigenvalue weighted by Gasteiger charge is -2.48. The van der Waals surface area contributed by atoms with E-state index in [2.05, 4.69) is 114 Å². The first-order chi connectivity index (χ1) is 17.1. The molecule has 1 saturated heterocycles. The van der Waals surface area contributed by atoms with Gasteiger partial charge < -0.3 is 9.47 Å². The van der Waals surface area contributed by atoms with Crippen molar-refractivity contribution in [2.45, 2.75) is 44.4 Å². The van der Waals surface area contributed by atoms with Gasteiger partial charge in [-0.3, -0.25) is 4.90 Å². The van der Waals surface area contributed by atoms with Crippen molar-refractivity contribution in [1.29, 1.82) is 0 Å². The van der Waals surface area contributed by atoms with Gasteiger partial charge in [0.2, 0.25) is 0 Å². The van der Waals surface area contributed by atoms with Crippen LogP contribution in [0.5, 0.6) is 0 Å². The fourth-order valence-electron chi connectivity index (χ4n) is 5.68. The van der Waals surface area contributed by atoms with Crippen LogP contribution in [0.1, 0.15) is 48.2 Å². The van der Waals surface area contributed by atoms with Crippen molar-refractivity contribution in [2.24, 2.45) is 0 Å². The molecule has 0 saturated carbocycles. The zero-order chi connectivity index (χ0) is 23.8. The molecular formula is C32H31NO2. The summed E-state index contributed by atoms with van der Waals surface area (Å²) in [6.07, 6.45) is -0.108. The van der Waals surface area contributed by atoms with Crippen molar-refractivity contribution in [3.8, 4) is 11.1 Å². The number of benzene rings is 4. The number of hydrogen-bond acceptors (Lipinski definition) is 3. The van der Waals surface area contributed by atoms with E-state index in [0.717, 1.165) is 6.54 Å². The number of nitrogens with zero attached hydrogens (tertiary/aromatic N) is 1. The number of fused-ring (bicyclic) bond motifs is 3. The first-order valence-electron chi connectivity index (χ1n) is 12.5. The third kappa shape index (κ3) is 4.21. The Hall–Kier alpha value is -3.24. The molecule has 0 aliphatic carbocycles. The first-order valence-corrected chi connectivity index (χ1v) is 12.5. The fourth-order valence-corrected chi connectivity index (χ4v) is 5.68. The van der Waals surface area contributed by atoms with Gasteiger partial charge in [-0.1, -0.05) is 109 Å². The van der Waals surface area contributed by atoms with Gasteiger partial charge in [0.05, 0.1) is 18.7 Å². The molecule has 0 amide bonds. The maximum Gasteiger partial charge on any atom is 0.163 e. The third-order valence-electron chi connectivity index (χ3n) is 7.28. The van der Waals surface area contributed by atoms with Crippen molar-refractivity contribution in [1.82, 2.24) is 4.90 Å². The summed E-state index contributed by atoms with van der Waals surface area (Å²) >= 11 is 0. The smallest absolute Gasteiger partial charge is 0.163 e. The van der Waals surface area contributed by atoms with Crippen LogP contribution in [-0.2, 0) is 16.0 Å². The Morgan fingerprint density at radius 3 is 2.03 bits per heavy atom. The lowest BCUT2D eigenvalue weighted by Crippen LogP contribution is -2.52. The molecule has 4 aromatic rings. The molecule has 4 aromatic carbocycles. The lowest BCUT2D eigenvalue weighted by molar-refractivity contribution is -0.299. The highest BCUT2D eigenvalue weighted by atomic mass is 16.7. The quantitative estimate of drug-likeness (QED) is 0.323. The molecule has 35 heavy (non-hydrogen) atoms. The molecule has 2 aliphatic heterocycles. The largest absolute Gasteiger partial charge is 0.349 e. The van der Waals surface area contributed by atoms with Crippen LogP contribution in [0.3, 0.4) is 0 Å². The van der Waals surface area contributed by atoms with Crippen LogP contribution in [0.4, 0.5) is 0 Å². The van der Waals surface area contributed by atoms with E-state index in [1.165, 1.54) is 33.4 Å². The SMILES string of the molecule is CC1(C)OC[C@H](N2Cc3ccccc3-c3ccccc3C2c2ccccc2)[C@H](c2ccccc2)O1. The summed E-state index contributed by atoms with van der Waals surface area (Å²) in [4.78, 5) is 2.60. The normalized spacial score (nSPS) is 23.7. The topological polar surface area (TPSA) is 21.7 Å². The zero-order valence-electron chi connectivity index (χ0n) is 20.3. The van der Waals surface area contributed by atoms with Gasteiger partial charge in [0.15, 0.2) is 5.79 Å². The molecule has 1 unspecified atom stereocenters. The standard InChI is InChI=1S/C32H31NO2/c1-32(2)34-22-29(31(35-32)24-15-7-4-8-16-24)33-21-25-17-9-10-18-26(25)27-19-11-12-20-28(27)30(33)23-13-5-3-6-14-23/h3-20,29-31H,21-22H2,1-2H3/t29-,30?,31-/m0/s1. The van der Waals surface area contributed by atoms with E-state index in [1.54, 1.807) is 0 Å². The van der Waals surface area contributed by atoms with Crippen LogP contribution in [0.15, 0.2) is 109 Å². The average Bonchev–Trinajstić information content (AvgIpc) is 3.04. The summed E-state index contributed by atoms with van der Waals surface area (Å²) in [7, 11) is 0. The van der Waals surface area contributed by atoms with Crippen LogP contribution in [0, 0.1) is 0 Å². The predicted molar refractivity (Wildman–Crippen MR) is 140 cm³/mol. The summed E-state index contributed by atoms with van der Waals surface area (Å²) < 4.78 is 13.0. The number of ether oxygens (including phenoxy) is 2. The molecule has 3 atom stereocenters. The van der Waals surface area contributed by atoms with Gasteiger partial charge in [0.1, 0.15) is 6.10 Å². The molecule has 0 aromatic heterocycles. The molecule has 0 bridgehead atoms. The highest BCUT2D eigenvalue weighted by Gasteiger charge is 2.44. The summed E-state index contributed by atoms with van der Waals surface area (Å²) in [5, 5.41) is 0. The van der Waals surface area contributed by atoms with Crippen LogP contribution in [-0.4, -0.2) is 23.3 Å². The average molecular weight is 462 g/mol. The summed E-state index contributed by atoms with van der Waals surface area (Å²) in [6.45, 7) is 5.44. The van der Waals surface area contributed by atoms with Gasteiger partial charge >= 0.3 is 0 Å². The van der Waals surface area contributed by atoms with Gasteiger partial charge in [-0.25, -0.2) is 0 Å². The first kappa shape index (κ1) is 22.2. The van der Waals surface area contributed by atoms with Gasteiger partial charge in [0, 0.05) is 6.54 Å². The van der Waals surface area contributed by atoms with Crippen molar-refractivity contribution in [2.75, 3.05) is 6.61 Å². The third-order valence-corrected chi connectivity index (χ3v) is 7.28. The summed E-state index contributed by atoms with van der Waals surface area (Å²) in [5.41, 5.74) is 7.72. The maximum absolute atomic E-state index is 6.66. The summed E-state index contributed by atoms with van der Waals surface area (Å²) in [6, 6.07) is 39.2. The van der Waals surface area contributed by atoms with Crippen molar-refractivity contribution in [3.05, 3.63) is 131 Å². The summed E-state index contributed by atoms with van der Waals surface area (Å²) in [5.74, 6) is -0.638. The van der Waals surface area contributed by atoms with Crippen LogP contribution < -0.4 is 0 Å². The molecule has 0 spiro atoms. The molecule has 2 heterocycles. The lowest BCUT2D eigenvalue weighted by atomic mass is 9.89. The molecular weight excluding hydrogens is 430 g/mol. The molecule has 2 aliphatic rings. The van der Waals surface area contributed by atoms with E-state index in [-0.39, 0.29) is 18.2 Å². The van der Waals surface area contributed by atoms with Gasteiger partial charge in [-0.2, -0.15) is 0 Å². The van der Waals surface area contributed by atoms with E-state index >= 15 is 0 Å². The minimum Gasteiger partial charge on any atom is -0.349 e.